The minimum Gasteiger partial charge on any atom is -0.228 e. The van der Waals surface area contributed by atoms with E-state index in [1.807, 2.05) is 0 Å². The monoisotopic (exact) mass is 198 g/mol. The highest BCUT2D eigenvalue weighted by Crippen LogP contribution is 2.20. The second-order valence-corrected chi connectivity index (χ2v) is 7.48. The van der Waals surface area contributed by atoms with Gasteiger partial charge in [-0.1, -0.05) is 6.92 Å². The molecule has 1 saturated heterocycles. The summed E-state index contributed by atoms with van der Waals surface area (Å²) in [5.41, 5.74) is 0. The Morgan fingerprint density at radius 3 is 2.00 bits per heavy atom. The summed E-state index contributed by atoms with van der Waals surface area (Å²) >= 11 is 0. The molecular weight excluding hydrogens is 188 g/mol. The van der Waals surface area contributed by atoms with Crippen LogP contribution in [0.3, 0.4) is 0 Å². The van der Waals surface area contributed by atoms with Crippen molar-refractivity contribution in [2.45, 2.75) is 18.6 Å². The first-order valence-corrected chi connectivity index (χ1v) is 6.83. The Morgan fingerprint density at radius 1 is 1.27 bits per heavy atom. The minimum absolute atomic E-state index is 0.189. The SMILES string of the molecule is CCC1CS(=O)(=O)CS1(=O)=O. The molecule has 0 N–H and O–H groups in total. The van der Waals surface area contributed by atoms with Crippen LogP contribution in [0.4, 0.5) is 0 Å². The summed E-state index contributed by atoms with van der Waals surface area (Å²) < 4.78 is 43.7. The molecule has 0 radical (unpaired) electrons. The van der Waals surface area contributed by atoms with E-state index in [9.17, 15) is 16.8 Å². The number of hydrogen-bond acceptors (Lipinski definition) is 4. The molecule has 1 heterocycles. The molecule has 1 fully saturated rings. The quantitative estimate of drug-likeness (QED) is 0.573. The molecule has 1 aliphatic heterocycles. The standard InChI is InChI=1S/C5H10O4S2/c1-2-5-3-10(6,7)4-11(5,8)9/h5H,2-4H2,1H3. The van der Waals surface area contributed by atoms with Crippen LogP contribution in [0.2, 0.25) is 0 Å². The van der Waals surface area contributed by atoms with E-state index < -0.39 is 30.0 Å². The summed E-state index contributed by atoms with van der Waals surface area (Å²) in [6.45, 7) is 1.68. The average molecular weight is 198 g/mol. The molecule has 1 aliphatic rings. The highest BCUT2D eigenvalue weighted by molar-refractivity contribution is 8.11. The Kier molecular flexibility index (Phi) is 2.00. The van der Waals surface area contributed by atoms with Gasteiger partial charge in [-0.2, -0.15) is 0 Å². The van der Waals surface area contributed by atoms with Crippen molar-refractivity contribution >= 4 is 19.7 Å². The van der Waals surface area contributed by atoms with Crippen LogP contribution in [0.1, 0.15) is 13.3 Å². The number of rotatable bonds is 1. The van der Waals surface area contributed by atoms with Gasteiger partial charge in [-0.3, -0.25) is 0 Å². The molecule has 0 saturated carbocycles. The van der Waals surface area contributed by atoms with Crippen molar-refractivity contribution in [3.8, 4) is 0 Å². The molecule has 1 atom stereocenters. The highest BCUT2D eigenvalue weighted by Gasteiger charge is 2.40. The Labute approximate surface area is 66.4 Å². The molecule has 6 heteroatoms. The lowest BCUT2D eigenvalue weighted by Crippen LogP contribution is -2.16. The van der Waals surface area contributed by atoms with E-state index in [4.69, 9.17) is 0 Å². The zero-order valence-corrected chi connectivity index (χ0v) is 7.78. The lowest BCUT2D eigenvalue weighted by atomic mass is 10.4. The van der Waals surface area contributed by atoms with E-state index in [-0.39, 0.29) is 5.75 Å². The normalized spacial score (nSPS) is 33.7. The molecule has 0 aromatic rings. The molecule has 0 bridgehead atoms. The third-order valence-electron chi connectivity index (χ3n) is 1.75. The van der Waals surface area contributed by atoms with Crippen molar-refractivity contribution in [3.63, 3.8) is 0 Å². The van der Waals surface area contributed by atoms with Gasteiger partial charge in [0.25, 0.3) is 0 Å². The maximum absolute atomic E-state index is 11.0. The van der Waals surface area contributed by atoms with E-state index in [1.54, 1.807) is 6.92 Å². The predicted molar refractivity (Wildman–Crippen MR) is 41.7 cm³/mol. The molecule has 0 aromatic heterocycles. The largest absolute Gasteiger partial charge is 0.228 e. The molecular formula is C5H10O4S2. The van der Waals surface area contributed by atoms with Crippen LogP contribution in [0.15, 0.2) is 0 Å². The average Bonchev–Trinajstić information content (AvgIpc) is 1.99. The maximum Gasteiger partial charge on any atom is 0.168 e. The molecule has 4 nitrogen and oxygen atoms in total. The van der Waals surface area contributed by atoms with Gasteiger partial charge in [0, 0.05) is 0 Å². The molecule has 0 amide bonds. The van der Waals surface area contributed by atoms with Gasteiger partial charge in [0.15, 0.2) is 24.8 Å². The highest BCUT2D eigenvalue weighted by atomic mass is 32.3. The predicted octanol–water partition coefficient (Wildman–Crippen LogP) is -0.434. The third kappa shape index (κ3) is 1.73. The minimum atomic E-state index is -3.33. The molecule has 66 valence electrons. The zero-order chi connectivity index (χ0) is 8.70. The number of sulfone groups is 2. The van der Waals surface area contributed by atoms with Gasteiger partial charge in [-0.05, 0) is 6.42 Å². The molecule has 1 unspecified atom stereocenters. The fraction of sp³-hybridized carbons (Fsp3) is 1.00. The summed E-state index contributed by atoms with van der Waals surface area (Å²) in [4.78, 5) is 0. The fourth-order valence-corrected chi connectivity index (χ4v) is 7.07. The van der Waals surface area contributed by atoms with Crippen LogP contribution in [0, 0.1) is 0 Å². The van der Waals surface area contributed by atoms with Crippen LogP contribution in [0.5, 0.6) is 0 Å². The Balaban J connectivity index is 3.08. The second-order valence-electron chi connectivity index (χ2n) is 2.72. The van der Waals surface area contributed by atoms with Gasteiger partial charge < -0.3 is 0 Å². The molecule has 11 heavy (non-hydrogen) atoms. The smallest absolute Gasteiger partial charge is 0.168 e. The van der Waals surface area contributed by atoms with E-state index in [0.717, 1.165) is 0 Å². The van der Waals surface area contributed by atoms with Crippen molar-refractivity contribution in [1.29, 1.82) is 0 Å². The van der Waals surface area contributed by atoms with Crippen LogP contribution < -0.4 is 0 Å². The first-order chi connectivity index (χ1) is 4.87. The Hall–Kier alpha value is -0.100. The molecule has 0 aliphatic carbocycles. The molecule has 1 rings (SSSR count). The van der Waals surface area contributed by atoms with E-state index in [1.165, 1.54) is 0 Å². The van der Waals surface area contributed by atoms with Crippen LogP contribution in [-0.4, -0.2) is 32.9 Å². The van der Waals surface area contributed by atoms with E-state index in [0.29, 0.717) is 6.42 Å². The lowest BCUT2D eigenvalue weighted by Gasteiger charge is -2.00. The van der Waals surface area contributed by atoms with Gasteiger partial charge in [0.05, 0.1) is 11.0 Å². The van der Waals surface area contributed by atoms with Crippen molar-refractivity contribution in [2.75, 3.05) is 10.8 Å². The van der Waals surface area contributed by atoms with Gasteiger partial charge >= 0.3 is 0 Å². The summed E-state index contributed by atoms with van der Waals surface area (Å²) in [5.74, 6) is -0.189. The first kappa shape index (κ1) is 8.99. The van der Waals surface area contributed by atoms with Crippen LogP contribution >= 0.6 is 0 Å². The molecule has 0 aromatic carbocycles. The molecule has 0 spiro atoms. The van der Waals surface area contributed by atoms with Crippen molar-refractivity contribution in [1.82, 2.24) is 0 Å². The van der Waals surface area contributed by atoms with Gasteiger partial charge in [0.1, 0.15) is 0 Å². The summed E-state index contributed by atoms with van der Waals surface area (Å²) in [5, 5.41) is -1.31. The third-order valence-corrected chi connectivity index (χ3v) is 7.13. The van der Waals surface area contributed by atoms with Crippen molar-refractivity contribution in [2.24, 2.45) is 0 Å². The summed E-state index contributed by atoms with van der Waals surface area (Å²) in [6.07, 6.45) is 0.390. The van der Waals surface area contributed by atoms with Crippen LogP contribution in [0.25, 0.3) is 0 Å². The zero-order valence-electron chi connectivity index (χ0n) is 6.15. The topological polar surface area (TPSA) is 68.3 Å². The Bertz CT molecular complexity index is 337. The van der Waals surface area contributed by atoms with Gasteiger partial charge in [-0.15, -0.1) is 0 Å². The van der Waals surface area contributed by atoms with E-state index >= 15 is 0 Å². The maximum atomic E-state index is 11.0. The van der Waals surface area contributed by atoms with E-state index in [2.05, 4.69) is 0 Å². The first-order valence-electron chi connectivity index (χ1n) is 3.29. The summed E-state index contributed by atoms with van der Waals surface area (Å²) in [7, 11) is -6.64. The fourth-order valence-electron chi connectivity index (χ4n) is 1.15. The second kappa shape index (κ2) is 2.45. The number of hydrogen-bond donors (Lipinski definition) is 0. The van der Waals surface area contributed by atoms with Crippen LogP contribution in [-0.2, 0) is 19.7 Å². The van der Waals surface area contributed by atoms with Gasteiger partial charge in [0.2, 0.25) is 0 Å². The van der Waals surface area contributed by atoms with Gasteiger partial charge in [-0.25, -0.2) is 16.8 Å². The Morgan fingerprint density at radius 2 is 1.82 bits per heavy atom. The summed E-state index contributed by atoms with van der Waals surface area (Å²) in [6, 6.07) is 0. The lowest BCUT2D eigenvalue weighted by molar-refractivity contribution is 0.589. The van der Waals surface area contributed by atoms with Crippen molar-refractivity contribution < 1.29 is 16.8 Å². The van der Waals surface area contributed by atoms with Crippen molar-refractivity contribution in [3.05, 3.63) is 0 Å².